The third-order valence-corrected chi connectivity index (χ3v) is 5.26. The molecule has 3 heterocycles. The van der Waals surface area contributed by atoms with Gasteiger partial charge >= 0.3 is 0 Å². The summed E-state index contributed by atoms with van der Waals surface area (Å²) < 4.78 is 12.0. The van der Waals surface area contributed by atoms with Gasteiger partial charge in [0.1, 0.15) is 5.60 Å². The highest BCUT2D eigenvalue weighted by Gasteiger charge is 2.45. The normalized spacial score (nSPS) is 28.8. The molecule has 2 amide bonds. The number of carbonyl (C=O) groups is 2. The second kappa shape index (κ2) is 7.28. The van der Waals surface area contributed by atoms with Gasteiger partial charge in [0.05, 0.1) is 43.8 Å². The Kier molecular flexibility index (Phi) is 4.86. The Morgan fingerprint density at radius 2 is 2.19 bits per heavy atom. The van der Waals surface area contributed by atoms with E-state index in [1.165, 1.54) is 12.4 Å². The van der Waals surface area contributed by atoms with Gasteiger partial charge in [-0.3, -0.25) is 9.59 Å². The standard InChI is InChI=1S/C18H24N4O4/c23-16(14-4-6-20-21-9-14)19-10-15-3-5-18(26-15)11-22(7-8-25-12-18)17(24)13-1-2-13/h4,6,9,13,15H,1-3,5,7-8,10-12H2,(H,19,23). The fraction of sp³-hybridized carbons (Fsp3) is 0.667. The molecule has 3 fully saturated rings. The quantitative estimate of drug-likeness (QED) is 0.835. The van der Waals surface area contributed by atoms with E-state index in [0.717, 1.165) is 25.7 Å². The van der Waals surface area contributed by atoms with E-state index < -0.39 is 5.60 Å². The van der Waals surface area contributed by atoms with Crippen LogP contribution in [0.1, 0.15) is 36.0 Å². The van der Waals surface area contributed by atoms with Crippen LogP contribution in [0.5, 0.6) is 0 Å². The van der Waals surface area contributed by atoms with Gasteiger partial charge < -0.3 is 19.7 Å². The summed E-state index contributed by atoms with van der Waals surface area (Å²) in [7, 11) is 0. The average Bonchev–Trinajstić information content (AvgIpc) is 3.46. The molecule has 3 aliphatic rings. The van der Waals surface area contributed by atoms with Crippen molar-refractivity contribution in [3.05, 3.63) is 24.0 Å². The predicted molar refractivity (Wildman–Crippen MR) is 91.3 cm³/mol. The Balaban J connectivity index is 1.33. The number of rotatable bonds is 4. The van der Waals surface area contributed by atoms with Crippen LogP contribution in [0.2, 0.25) is 0 Å². The number of nitrogens with one attached hydrogen (secondary N) is 1. The maximum absolute atomic E-state index is 12.5. The molecule has 140 valence electrons. The zero-order chi connectivity index (χ0) is 18.0. The van der Waals surface area contributed by atoms with Gasteiger partial charge in [0.25, 0.3) is 5.91 Å². The highest BCUT2D eigenvalue weighted by atomic mass is 16.6. The van der Waals surface area contributed by atoms with Gasteiger partial charge in [0.15, 0.2) is 0 Å². The van der Waals surface area contributed by atoms with Crippen LogP contribution in [-0.4, -0.2) is 71.5 Å². The predicted octanol–water partition coefficient (Wildman–Crippen LogP) is 0.393. The van der Waals surface area contributed by atoms with E-state index in [1.807, 2.05) is 4.90 Å². The number of aromatic nitrogens is 2. The van der Waals surface area contributed by atoms with Crippen molar-refractivity contribution < 1.29 is 19.1 Å². The van der Waals surface area contributed by atoms with Gasteiger partial charge in [-0.15, -0.1) is 0 Å². The minimum Gasteiger partial charge on any atom is -0.377 e. The summed E-state index contributed by atoms with van der Waals surface area (Å²) >= 11 is 0. The lowest BCUT2D eigenvalue weighted by Gasteiger charge is -2.32. The molecule has 1 N–H and O–H groups in total. The third kappa shape index (κ3) is 3.86. The zero-order valence-corrected chi connectivity index (χ0v) is 14.7. The number of nitrogens with zero attached hydrogens (tertiary/aromatic N) is 3. The molecule has 2 aliphatic heterocycles. The van der Waals surface area contributed by atoms with Crippen LogP contribution in [-0.2, 0) is 14.3 Å². The molecule has 1 aliphatic carbocycles. The summed E-state index contributed by atoms with van der Waals surface area (Å²) in [5.41, 5.74) is 0.0287. The molecule has 26 heavy (non-hydrogen) atoms. The second-order valence-corrected chi connectivity index (χ2v) is 7.39. The van der Waals surface area contributed by atoms with Crippen molar-refractivity contribution in [2.75, 3.05) is 32.8 Å². The van der Waals surface area contributed by atoms with E-state index >= 15 is 0 Å². The summed E-state index contributed by atoms with van der Waals surface area (Å²) in [6, 6.07) is 1.62. The van der Waals surface area contributed by atoms with Crippen molar-refractivity contribution in [2.24, 2.45) is 5.92 Å². The molecule has 1 saturated carbocycles. The van der Waals surface area contributed by atoms with Crippen LogP contribution >= 0.6 is 0 Å². The van der Waals surface area contributed by atoms with Gasteiger partial charge in [-0.05, 0) is 31.7 Å². The van der Waals surface area contributed by atoms with Crippen molar-refractivity contribution in [2.45, 2.75) is 37.4 Å². The minimum atomic E-state index is -0.450. The van der Waals surface area contributed by atoms with Crippen LogP contribution in [0, 0.1) is 5.92 Å². The van der Waals surface area contributed by atoms with Crippen molar-refractivity contribution in [1.82, 2.24) is 20.4 Å². The lowest BCUT2D eigenvalue weighted by atomic mass is 10.00. The van der Waals surface area contributed by atoms with Crippen LogP contribution < -0.4 is 5.32 Å². The lowest BCUT2D eigenvalue weighted by Crippen LogP contribution is -2.47. The summed E-state index contributed by atoms with van der Waals surface area (Å²) in [5, 5.41) is 10.3. The molecule has 4 rings (SSSR count). The molecule has 8 nitrogen and oxygen atoms in total. The Morgan fingerprint density at radius 1 is 1.31 bits per heavy atom. The Morgan fingerprint density at radius 3 is 2.96 bits per heavy atom. The van der Waals surface area contributed by atoms with Crippen molar-refractivity contribution in [3.63, 3.8) is 0 Å². The van der Waals surface area contributed by atoms with Gasteiger partial charge in [0, 0.05) is 19.0 Å². The fourth-order valence-corrected chi connectivity index (χ4v) is 3.68. The molecule has 2 atom stereocenters. The van der Waals surface area contributed by atoms with Gasteiger partial charge in [-0.25, -0.2) is 0 Å². The highest BCUT2D eigenvalue weighted by molar-refractivity contribution is 5.93. The Bertz CT molecular complexity index is 666. The van der Waals surface area contributed by atoms with Crippen LogP contribution in [0.25, 0.3) is 0 Å². The number of hydrogen-bond donors (Lipinski definition) is 1. The largest absolute Gasteiger partial charge is 0.377 e. The van der Waals surface area contributed by atoms with E-state index in [2.05, 4.69) is 15.5 Å². The molecular weight excluding hydrogens is 336 g/mol. The number of ether oxygens (including phenoxy) is 2. The molecule has 2 unspecified atom stereocenters. The van der Waals surface area contributed by atoms with Gasteiger partial charge in [-0.2, -0.15) is 10.2 Å². The van der Waals surface area contributed by atoms with Gasteiger partial charge in [-0.1, -0.05) is 0 Å². The van der Waals surface area contributed by atoms with Gasteiger partial charge in [0.2, 0.25) is 5.91 Å². The maximum Gasteiger partial charge on any atom is 0.253 e. The summed E-state index contributed by atoms with van der Waals surface area (Å²) in [6.45, 7) is 2.71. The molecule has 0 aromatic carbocycles. The summed E-state index contributed by atoms with van der Waals surface area (Å²) in [6.07, 6.45) is 6.53. The molecule has 0 bridgehead atoms. The highest BCUT2D eigenvalue weighted by Crippen LogP contribution is 2.36. The third-order valence-electron chi connectivity index (χ3n) is 5.26. The Labute approximate surface area is 152 Å². The molecule has 8 heteroatoms. The number of carbonyl (C=O) groups excluding carboxylic acids is 2. The minimum absolute atomic E-state index is 0.0756. The first-order valence-corrected chi connectivity index (χ1v) is 9.24. The number of hydrogen-bond acceptors (Lipinski definition) is 6. The summed E-state index contributed by atoms with van der Waals surface area (Å²) in [5.74, 6) is 0.253. The first kappa shape index (κ1) is 17.4. The molecule has 2 saturated heterocycles. The first-order chi connectivity index (χ1) is 12.7. The van der Waals surface area contributed by atoms with E-state index in [4.69, 9.17) is 9.47 Å². The lowest BCUT2D eigenvalue weighted by molar-refractivity contribution is -0.137. The maximum atomic E-state index is 12.5. The van der Waals surface area contributed by atoms with Crippen LogP contribution in [0.3, 0.4) is 0 Å². The zero-order valence-electron chi connectivity index (χ0n) is 14.7. The molecular formula is C18H24N4O4. The molecule has 0 radical (unpaired) electrons. The average molecular weight is 360 g/mol. The van der Waals surface area contributed by atoms with E-state index in [9.17, 15) is 9.59 Å². The SMILES string of the molecule is O=C(NCC1CCC2(COCCN(C(=O)C3CC3)C2)O1)c1ccnnc1. The second-order valence-electron chi connectivity index (χ2n) is 7.39. The van der Waals surface area contributed by atoms with E-state index in [1.54, 1.807) is 6.07 Å². The molecule has 1 aromatic heterocycles. The molecule has 1 aromatic rings. The first-order valence-electron chi connectivity index (χ1n) is 9.24. The monoisotopic (exact) mass is 360 g/mol. The van der Waals surface area contributed by atoms with E-state index in [-0.39, 0.29) is 23.8 Å². The summed E-state index contributed by atoms with van der Waals surface area (Å²) in [4.78, 5) is 26.5. The fourth-order valence-electron chi connectivity index (χ4n) is 3.68. The number of amides is 2. The van der Waals surface area contributed by atoms with Crippen molar-refractivity contribution in [3.8, 4) is 0 Å². The Hall–Kier alpha value is -2.06. The van der Waals surface area contributed by atoms with Crippen molar-refractivity contribution >= 4 is 11.8 Å². The molecule has 1 spiro atoms. The smallest absolute Gasteiger partial charge is 0.253 e. The van der Waals surface area contributed by atoms with Crippen LogP contribution in [0.15, 0.2) is 18.5 Å². The topological polar surface area (TPSA) is 93.7 Å². The van der Waals surface area contributed by atoms with Crippen LogP contribution in [0.4, 0.5) is 0 Å². The van der Waals surface area contributed by atoms with E-state index in [0.29, 0.717) is 38.4 Å². The van der Waals surface area contributed by atoms with Crippen molar-refractivity contribution in [1.29, 1.82) is 0 Å².